The van der Waals surface area contributed by atoms with E-state index in [1.54, 1.807) is 43.9 Å². The van der Waals surface area contributed by atoms with Gasteiger partial charge in [0.1, 0.15) is 6.04 Å². The van der Waals surface area contributed by atoms with Crippen molar-refractivity contribution >= 4 is 46.8 Å². The molecule has 1 atom stereocenters. The van der Waals surface area contributed by atoms with Gasteiger partial charge in [0.2, 0.25) is 11.8 Å². The molecule has 0 aliphatic heterocycles. The number of benzene rings is 2. The Labute approximate surface area is 180 Å². The molecule has 2 amide bonds. The minimum Gasteiger partial charge on any atom is -0.357 e. The summed E-state index contributed by atoms with van der Waals surface area (Å²) >= 11 is 14.2. The number of carbonyl (C=O) groups excluding carboxylic acids is 2. The normalized spacial score (nSPS) is 11.7. The van der Waals surface area contributed by atoms with Crippen LogP contribution in [0.3, 0.4) is 0 Å². The summed E-state index contributed by atoms with van der Waals surface area (Å²) in [6, 6.07) is 14.7. The van der Waals surface area contributed by atoms with Crippen molar-refractivity contribution in [2.45, 2.75) is 31.7 Å². The van der Waals surface area contributed by atoms with Gasteiger partial charge in [0.05, 0.1) is 0 Å². The number of likely N-dealkylation sites (N-methyl/N-ethyl adjacent to an activating group) is 1. The fourth-order valence-electron chi connectivity index (χ4n) is 2.71. The van der Waals surface area contributed by atoms with Crippen LogP contribution in [0.2, 0.25) is 10.0 Å². The van der Waals surface area contributed by atoms with E-state index in [1.165, 1.54) is 10.5 Å². The van der Waals surface area contributed by atoms with Gasteiger partial charge >= 0.3 is 0 Å². The first-order valence-corrected chi connectivity index (χ1v) is 10.9. The maximum Gasteiger partial charge on any atom is 0.242 e. The lowest BCUT2D eigenvalue weighted by atomic mass is 10.1. The van der Waals surface area contributed by atoms with E-state index in [0.29, 0.717) is 27.8 Å². The van der Waals surface area contributed by atoms with Crippen molar-refractivity contribution in [3.8, 4) is 0 Å². The summed E-state index contributed by atoms with van der Waals surface area (Å²) in [7, 11) is 1.56. The molecule has 150 valence electrons. The molecule has 0 saturated carbocycles. The predicted octanol–water partition coefficient (Wildman–Crippen LogP) is 4.78. The number of amides is 2. The van der Waals surface area contributed by atoms with Gasteiger partial charge in [0.25, 0.3) is 0 Å². The van der Waals surface area contributed by atoms with Crippen LogP contribution in [0.25, 0.3) is 0 Å². The van der Waals surface area contributed by atoms with E-state index in [9.17, 15) is 9.59 Å². The second-order valence-corrected chi connectivity index (χ2v) is 8.22. The molecule has 7 heteroatoms. The highest BCUT2D eigenvalue weighted by atomic mass is 35.5. The van der Waals surface area contributed by atoms with Crippen LogP contribution in [-0.2, 0) is 21.9 Å². The zero-order valence-corrected chi connectivity index (χ0v) is 18.3. The molecule has 0 spiro atoms. The van der Waals surface area contributed by atoms with Crippen molar-refractivity contribution < 1.29 is 9.59 Å². The molecule has 0 radical (unpaired) electrons. The Bertz CT molecular complexity index is 782. The quantitative estimate of drug-likeness (QED) is 0.572. The fraction of sp³-hybridized carbons (Fsp3) is 0.333. The summed E-state index contributed by atoms with van der Waals surface area (Å²) in [6.45, 7) is 1.90. The van der Waals surface area contributed by atoms with E-state index in [-0.39, 0.29) is 18.4 Å². The Kier molecular flexibility index (Phi) is 9.16. The number of carbonyl (C=O) groups is 2. The Balaban J connectivity index is 2.03. The van der Waals surface area contributed by atoms with E-state index >= 15 is 0 Å². The minimum absolute atomic E-state index is 0.104. The van der Waals surface area contributed by atoms with Gasteiger partial charge in [0, 0.05) is 47.1 Å². The standard InChI is InChI=1S/C21H24Cl2N2O2S/c1-15(21(27)24-2)25(13-17-18(22)9-6-10-19(17)23)20(26)11-12-28-14-16-7-4-3-5-8-16/h3-10,15H,11-14H2,1-2H3,(H,24,27)/t15-/m1/s1. The van der Waals surface area contributed by atoms with E-state index in [2.05, 4.69) is 17.4 Å². The zero-order valence-electron chi connectivity index (χ0n) is 16.0. The average molecular weight is 439 g/mol. The molecule has 1 N–H and O–H groups in total. The molecule has 2 rings (SSSR count). The van der Waals surface area contributed by atoms with Gasteiger partial charge in [-0.15, -0.1) is 0 Å². The lowest BCUT2D eigenvalue weighted by Crippen LogP contribution is -2.46. The number of thioether (sulfide) groups is 1. The maximum atomic E-state index is 12.9. The Hall–Kier alpha value is -1.69. The fourth-order valence-corrected chi connectivity index (χ4v) is 4.12. The summed E-state index contributed by atoms with van der Waals surface area (Å²) in [5.74, 6) is 1.18. The van der Waals surface area contributed by atoms with Crippen molar-refractivity contribution in [1.29, 1.82) is 0 Å². The lowest BCUT2D eigenvalue weighted by molar-refractivity contribution is -0.140. The second-order valence-electron chi connectivity index (χ2n) is 6.30. The molecule has 0 unspecified atom stereocenters. The van der Waals surface area contributed by atoms with Crippen LogP contribution in [0.5, 0.6) is 0 Å². The summed E-state index contributed by atoms with van der Waals surface area (Å²) in [4.78, 5) is 26.6. The van der Waals surface area contributed by atoms with Crippen LogP contribution in [0.1, 0.15) is 24.5 Å². The van der Waals surface area contributed by atoms with Gasteiger partial charge in [-0.05, 0) is 24.6 Å². The molecule has 0 heterocycles. The largest absolute Gasteiger partial charge is 0.357 e. The number of nitrogens with one attached hydrogen (secondary N) is 1. The number of nitrogens with zero attached hydrogens (tertiary/aromatic N) is 1. The van der Waals surface area contributed by atoms with Crippen LogP contribution in [0.15, 0.2) is 48.5 Å². The van der Waals surface area contributed by atoms with Crippen molar-refractivity contribution in [2.24, 2.45) is 0 Å². The third kappa shape index (κ3) is 6.43. The molecule has 0 bridgehead atoms. The van der Waals surface area contributed by atoms with Gasteiger partial charge in [-0.2, -0.15) is 11.8 Å². The molecular weight excluding hydrogens is 415 g/mol. The second kappa shape index (κ2) is 11.3. The first-order chi connectivity index (χ1) is 13.4. The van der Waals surface area contributed by atoms with Crippen molar-refractivity contribution in [3.05, 3.63) is 69.7 Å². The Morgan fingerprint density at radius 3 is 2.32 bits per heavy atom. The van der Waals surface area contributed by atoms with E-state index in [0.717, 1.165) is 5.75 Å². The predicted molar refractivity (Wildman–Crippen MR) is 118 cm³/mol. The first kappa shape index (κ1) is 22.6. The van der Waals surface area contributed by atoms with Crippen LogP contribution in [-0.4, -0.2) is 35.6 Å². The zero-order chi connectivity index (χ0) is 20.5. The highest BCUT2D eigenvalue weighted by Crippen LogP contribution is 2.27. The van der Waals surface area contributed by atoms with Gasteiger partial charge in [-0.1, -0.05) is 59.6 Å². The van der Waals surface area contributed by atoms with Crippen LogP contribution in [0, 0.1) is 0 Å². The number of halogens is 2. The topological polar surface area (TPSA) is 49.4 Å². The van der Waals surface area contributed by atoms with Gasteiger partial charge < -0.3 is 10.2 Å². The Morgan fingerprint density at radius 2 is 1.71 bits per heavy atom. The number of hydrogen-bond acceptors (Lipinski definition) is 3. The third-order valence-electron chi connectivity index (χ3n) is 4.38. The molecule has 0 saturated heterocycles. The van der Waals surface area contributed by atoms with Gasteiger partial charge in [-0.25, -0.2) is 0 Å². The monoisotopic (exact) mass is 438 g/mol. The third-order valence-corrected chi connectivity index (χ3v) is 6.11. The molecule has 0 aromatic heterocycles. The highest BCUT2D eigenvalue weighted by molar-refractivity contribution is 7.98. The molecule has 2 aromatic rings. The molecule has 4 nitrogen and oxygen atoms in total. The number of hydrogen-bond donors (Lipinski definition) is 1. The molecule has 28 heavy (non-hydrogen) atoms. The molecular formula is C21H24Cl2N2O2S. The molecule has 0 fully saturated rings. The molecule has 0 aliphatic rings. The minimum atomic E-state index is -0.621. The Morgan fingerprint density at radius 1 is 1.07 bits per heavy atom. The van der Waals surface area contributed by atoms with E-state index < -0.39 is 6.04 Å². The summed E-state index contributed by atoms with van der Waals surface area (Å²) < 4.78 is 0. The van der Waals surface area contributed by atoms with Gasteiger partial charge in [0.15, 0.2) is 0 Å². The van der Waals surface area contributed by atoms with Crippen LogP contribution >= 0.6 is 35.0 Å². The maximum absolute atomic E-state index is 12.9. The number of rotatable bonds is 9. The van der Waals surface area contributed by atoms with E-state index in [4.69, 9.17) is 23.2 Å². The first-order valence-electron chi connectivity index (χ1n) is 8.99. The summed E-state index contributed by atoms with van der Waals surface area (Å²) in [5.41, 5.74) is 1.87. The van der Waals surface area contributed by atoms with Crippen molar-refractivity contribution in [3.63, 3.8) is 0 Å². The van der Waals surface area contributed by atoms with Crippen molar-refractivity contribution in [1.82, 2.24) is 10.2 Å². The van der Waals surface area contributed by atoms with Crippen LogP contribution < -0.4 is 5.32 Å². The smallest absolute Gasteiger partial charge is 0.242 e. The highest BCUT2D eigenvalue weighted by Gasteiger charge is 2.26. The molecule has 2 aromatic carbocycles. The molecule has 0 aliphatic carbocycles. The summed E-state index contributed by atoms with van der Waals surface area (Å²) in [5, 5.41) is 3.56. The lowest BCUT2D eigenvalue weighted by Gasteiger charge is -2.29. The summed E-state index contributed by atoms with van der Waals surface area (Å²) in [6.07, 6.45) is 0.334. The van der Waals surface area contributed by atoms with E-state index in [1.807, 2.05) is 18.2 Å². The average Bonchev–Trinajstić information content (AvgIpc) is 2.70. The van der Waals surface area contributed by atoms with Crippen LogP contribution in [0.4, 0.5) is 0 Å². The van der Waals surface area contributed by atoms with Gasteiger partial charge in [-0.3, -0.25) is 9.59 Å². The van der Waals surface area contributed by atoms with Crippen molar-refractivity contribution in [2.75, 3.05) is 12.8 Å². The SMILES string of the molecule is CNC(=O)[C@@H](C)N(Cc1c(Cl)cccc1Cl)C(=O)CCSCc1ccccc1.